The Hall–Kier alpha value is -2.60. The lowest BCUT2D eigenvalue weighted by Gasteiger charge is -2.12. The molecule has 5 nitrogen and oxygen atoms in total. The zero-order valence-corrected chi connectivity index (χ0v) is 14.5. The molecule has 0 bridgehead atoms. The van der Waals surface area contributed by atoms with Crippen LogP contribution in [0.25, 0.3) is 10.9 Å². The number of rotatable bonds is 3. The highest BCUT2D eigenvalue weighted by atomic mass is 79.9. The number of nitrogens with zero attached hydrogens (tertiary/aromatic N) is 1. The summed E-state index contributed by atoms with van der Waals surface area (Å²) >= 11 is 3.35. The average molecular weight is 387 g/mol. The summed E-state index contributed by atoms with van der Waals surface area (Å²) in [7, 11) is 1.58. The zero-order chi connectivity index (χ0) is 17.3. The zero-order valence-electron chi connectivity index (χ0n) is 12.9. The number of halogens is 1. The molecule has 0 radical (unpaired) electrons. The van der Waals surface area contributed by atoms with Gasteiger partial charge in [0.2, 0.25) is 0 Å². The molecule has 0 saturated carbocycles. The molecule has 1 heterocycles. The van der Waals surface area contributed by atoms with Gasteiger partial charge in [-0.05, 0) is 29.8 Å². The number of aromatic hydroxyl groups is 1. The van der Waals surface area contributed by atoms with Gasteiger partial charge in [0.25, 0.3) is 11.5 Å². The van der Waals surface area contributed by atoms with E-state index in [-0.39, 0.29) is 17.9 Å². The number of aromatic nitrogens is 1. The van der Waals surface area contributed by atoms with Gasteiger partial charge in [-0.2, -0.15) is 0 Å². The topological polar surface area (TPSA) is 71.3 Å². The molecule has 1 aromatic heterocycles. The summed E-state index contributed by atoms with van der Waals surface area (Å²) in [4.78, 5) is 24.9. The minimum absolute atomic E-state index is 0.242. The van der Waals surface area contributed by atoms with E-state index in [4.69, 9.17) is 0 Å². The Morgan fingerprint density at radius 2 is 1.83 bits per heavy atom. The van der Waals surface area contributed by atoms with Crippen LogP contribution in [0.5, 0.6) is 5.75 Å². The number of fused-ring (bicyclic) bond motifs is 1. The van der Waals surface area contributed by atoms with Crippen LogP contribution in [0.4, 0.5) is 0 Å². The van der Waals surface area contributed by atoms with Gasteiger partial charge in [0, 0.05) is 23.5 Å². The predicted octanol–water partition coefficient (Wildman–Crippen LogP) is 2.94. The first-order chi connectivity index (χ1) is 11.5. The van der Waals surface area contributed by atoms with Crippen molar-refractivity contribution in [3.8, 4) is 5.75 Å². The van der Waals surface area contributed by atoms with E-state index in [2.05, 4.69) is 21.2 Å². The Labute approximate surface area is 146 Å². The lowest BCUT2D eigenvalue weighted by Crippen LogP contribution is -2.32. The van der Waals surface area contributed by atoms with Crippen molar-refractivity contribution in [3.63, 3.8) is 0 Å². The Morgan fingerprint density at radius 1 is 1.17 bits per heavy atom. The Morgan fingerprint density at radius 3 is 2.54 bits per heavy atom. The summed E-state index contributed by atoms with van der Waals surface area (Å²) in [6.07, 6.45) is 0. The number of nitrogens with one attached hydrogen (secondary N) is 1. The molecule has 2 aromatic carbocycles. The lowest BCUT2D eigenvalue weighted by molar-refractivity contribution is 0.0946. The molecule has 0 spiro atoms. The van der Waals surface area contributed by atoms with Crippen LogP contribution in [0.15, 0.2) is 57.8 Å². The highest BCUT2D eigenvalue weighted by molar-refractivity contribution is 9.10. The van der Waals surface area contributed by atoms with Crippen molar-refractivity contribution in [2.24, 2.45) is 7.05 Å². The largest absolute Gasteiger partial charge is 0.506 e. The van der Waals surface area contributed by atoms with Gasteiger partial charge in [0.05, 0.1) is 5.52 Å². The van der Waals surface area contributed by atoms with Gasteiger partial charge in [-0.3, -0.25) is 9.59 Å². The van der Waals surface area contributed by atoms with Crippen LogP contribution < -0.4 is 10.9 Å². The van der Waals surface area contributed by atoms with E-state index >= 15 is 0 Å². The van der Waals surface area contributed by atoms with Crippen molar-refractivity contribution in [1.82, 2.24) is 9.88 Å². The fourth-order valence-electron chi connectivity index (χ4n) is 2.56. The van der Waals surface area contributed by atoms with E-state index in [1.807, 2.05) is 24.3 Å². The molecular weight excluding hydrogens is 372 g/mol. The molecule has 0 aliphatic carbocycles. The van der Waals surface area contributed by atoms with Gasteiger partial charge in [-0.25, -0.2) is 0 Å². The first-order valence-corrected chi connectivity index (χ1v) is 8.11. The molecule has 6 heteroatoms. The van der Waals surface area contributed by atoms with Crippen molar-refractivity contribution < 1.29 is 9.90 Å². The Kier molecular flexibility index (Phi) is 4.40. The van der Waals surface area contributed by atoms with Crippen LogP contribution in [-0.2, 0) is 13.6 Å². The highest BCUT2D eigenvalue weighted by Crippen LogP contribution is 2.25. The van der Waals surface area contributed by atoms with Crippen molar-refractivity contribution in [3.05, 3.63) is 74.5 Å². The Bertz CT molecular complexity index is 978. The molecule has 2 N–H and O–H groups in total. The van der Waals surface area contributed by atoms with Crippen LogP contribution in [0, 0.1) is 0 Å². The fraction of sp³-hybridized carbons (Fsp3) is 0.111. The molecule has 0 aliphatic heterocycles. The number of hydrogen-bond donors (Lipinski definition) is 2. The van der Waals surface area contributed by atoms with Crippen LogP contribution >= 0.6 is 15.9 Å². The van der Waals surface area contributed by atoms with Crippen LogP contribution in [0.1, 0.15) is 15.9 Å². The van der Waals surface area contributed by atoms with Gasteiger partial charge in [0.15, 0.2) is 0 Å². The van der Waals surface area contributed by atoms with Crippen molar-refractivity contribution in [2.75, 3.05) is 0 Å². The number of carbonyl (C=O) groups excluding carboxylic acids is 1. The average Bonchev–Trinajstić information content (AvgIpc) is 2.59. The summed E-state index contributed by atoms with van der Waals surface area (Å²) < 4.78 is 2.31. The van der Waals surface area contributed by atoms with Crippen molar-refractivity contribution >= 4 is 32.7 Å². The molecule has 1 amide bonds. The highest BCUT2D eigenvalue weighted by Gasteiger charge is 2.20. The van der Waals surface area contributed by atoms with E-state index in [9.17, 15) is 14.7 Å². The molecule has 24 heavy (non-hydrogen) atoms. The number of pyridine rings is 1. The van der Waals surface area contributed by atoms with Gasteiger partial charge < -0.3 is 15.0 Å². The predicted molar refractivity (Wildman–Crippen MR) is 96.2 cm³/mol. The van der Waals surface area contributed by atoms with Gasteiger partial charge in [-0.15, -0.1) is 0 Å². The molecule has 3 rings (SSSR count). The van der Waals surface area contributed by atoms with Crippen LogP contribution in [-0.4, -0.2) is 15.6 Å². The summed E-state index contributed by atoms with van der Waals surface area (Å²) in [5.41, 5.74) is 0.695. The summed E-state index contributed by atoms with van der Waals surface area (Å²) in [5.74, 6) is -0.885. The standard InChI is InChI=1S/C18H15BrN2O3/c1-21-14-5-3-2-4-13(14)16(22)15(18(21)24)17(23)20-10-11-6-8-12(19)9-7-11/h2-9,22H,10H2,1H3,(H,20,23). The smallest absolute Gasteiger partial charge is 0.267 e. The van der Waals surface area contributed by atoms with Gasteiger partial charge in [-0.1, -0.05) is 40.2 Å². The van der Waals surface area contributed by atoms with Crippen LogP contribution in [0.2, 0.25) is 0 Å². The summed E-state index contributed by atoms with van der Waals surface area (Å²) in [5, 5.41) is 13.5. The number of carbonyl (C=O) groups is 1. The molecule has 0 atom stereocenters. The van der Waals surface area contributed by atoms with Gasteiger partial charge >= 0.3 is 0 Å². The van der Waals surface area contributed by atoms with E-state index in [0.717, 1.165) is 10.0 Å². The number of hydrogen-bond acceptors (Lipinski definition) is 3. The second kappa shape index (κ2) is 6.49. The second-order valence-corrected chi connectivity index (χ2v) is 6.33. The van der Waals surface area contributed by atoms with Gasteiger partial charge in [0.1, 0.15) is 11.3 Å². The monoisotopic (exact) mass is 386 g/mol. The normalized spacial score (nSPS) is 10.8. The molecule has 3 aromatic rings. The molecule has 0 unspecified atom stereocenters. The third-order valence-electron chi connectivity index (χ3n) is 3.87. The summed E-state index contributed by atoms with van der Waals surface area (Å²) in [6, 6.07) is 14.4. The quantitative estimate of drug-likeness (QED) is 0.726. The molecule has 0 aliphatic rings. The number of para-hydroxylation sites is 1. The maximum Gasteiger partial charge on any atom is 0.267 e. The minimum Gasteiger partial charge on any atom is -0.506 e. The van der Waals surface area contributed by atoms with Crippen molar-refractivity contribution in [2.45, 2.75) is 6.54 Å². The molecule has 0 saturated heterocycles. The fourth-order valence-corrected chi connectivity index (χ4v) is 2.82. The van der Waals surface area contributed by atoms with Crippen LogP contribution in [0.3, 0.4) is 0 Å². The van der Waals surface area contributed by atoms with Crippen molar-refractivity contribution in [1.29, 1.82) is 0 Å². The maximum absolute atomic E-state index is 12.4. The number of aryl methyl sites for hydroxylation is 1. The lowest BCUT2D eigenvalue weighted by atomic mass is 10.1. The molecule has 0 fully saturated rings. The van der Waals surface area contributed by atoms with E-state index < -0.39 is 11.5 Å². The third-order valence-corrected chi connectivity index (χ3v) is 4.40. The Balaban J connectivity index is 1.95. The third kappa shape index (κ3) is 2.92. The van der Waals surface area contributed by atoms with E-state index in [0.29, 0.717) is 10.9 Å². The first kappa shape index (κ1) is 16.3. The first-order valence-electron chi connectivity index (χ1n) is 7.32. The van der Waals surface area contributed by atoms with E-state index in [1.54, 1.807) is 31.3 Å². The summed E-state index contributed by atoms with van der Waals surface area (Å²) in [6.45, 7) is 0.265. The second-order valence-electron chi connectivity index (χ2n) is 5.41. The number of amides is 1. The maximum atomic E-state index is 12.4. The van der Waals surface area contributed by atoms with E-state index in [1.165, 1.54) is 4.57 Å². The minimum atomic E-state index is -0.596. The SMILES string of the molecule is Cn1c(=O)c(C(=O)NCc2ccc(Br)cc2)c(O)c2ccccc21. The molecule has 122 valence electrons. The number of benzene rings is 2. The molecular formula is C18H15BrN2O3.